The van der Waals surface area contributed by atoms with Gasteiger partial charge in [0.2, 0.25) is 0 Å². The molecule has 0 spiro atoms. The van der Waals surface area contributed by atoms with E-state index in [4.69, 9.17) is 5.73 Å². The van der Waals surface area contributed by atoms with Crippen molar-refractivity contribution in [1.29, 1.82) is 0 Å². The Labute approximate surface area is 113 Å². The fraction of sp³-hybridized carbons (Fsp3) is 0.400. The summed E-state index contributed by atoms with van der Waals surface area (Å²) in [5.41, 5.74) is 5.79. The maximum Gasteiger partial charge on any atom is 0.254 e. The van der Waals surface area contributed by atoms with Gasteiger partial charge in [-0.05, 0) is 31.0 Å². The average molecular weight is 262 g/mol. The van der Waals surface area contributed by atoms with Crippen LogP contribution in [0.1, 0.15) is 36.7 Å². The summed E-state index contributed by atoms with van der Waals surface area (Å²) in [6.07, 6.45) is 0. The topological polar surface area (TPSA) is 55.1 Å². The molecule has 0 aliphatic heterocycles. The van der Waals surface area contributed by atoms with Crippen LogP contribution >= 0.6 is 0 Å². The van der Waals surface area contributed by atoms with Crippen LogP contribution in [0.4, 0.5) is 4.39 Å². The highest BCUT2D eigenvalue weighted by atomic mass is 19.1. The zero-order chi connectivity index (χ0) is 14.4. The van der Waals surface area contributed by atoms with Crippen molar-refractivity contribution in [2.75, 3.05) is 6.54 Å². The quantitative estimate of drug-likeness (QED) is 0.818. The van der Waals surface area contributed by atoms with E-state index < -0.39 is 11.7 Å². The van der Waals surface area contributed by atoms with E-state index in [9.17, 15) is 9.18 Å². The molecule has 3 N–H and O–H groups in total. The molecular formula is C15H19FN2O. The SMILES string of the molecule is CC(C)C(C)NC(=O)c1ccc(C#CCN)cc1F. The summed E-state index contributed by atoms with van der Waals surface area (Å²) in [5, 5.41) is 2.76. The molecule has 0 bridgehead atoms. The second kappa shape index (κ2) is 6.91. The van der Waals surface area contributed by atoms with E-state index in [0.29, 0.717) is 11.5 Å². The van der Waals surface area contributed by atoms with Crippen molar-refractivity contribution in [1.82, 2.24) is 5.32 Å². The van der Waals surface area contributed by atoms with E-state index >= 15 is 0 Å². The van der Waals surface area contributed by atoms with E-state index in [1.807, 2.05) is 20.8 Å². The van der Waals surface area contributed by atoms with E-state index in [0.717, 1.165) is 0 Å². The third-order valence-electron chi connectivity index (χ3n) is 2.91. The second-order valence-corrected chi connectivity index (χ2v) is 4.71. The van der Waals surface area contributed by atoms with Gasteiger partial charge in [-0.3, -0.25) is 4.79 Å². The highest BCUT2D eigenvalue weighted by Crippen LogP contribution is 2.11. The Kier molecular flexibility index (Phi) is 5.53. The molecule has 0 saturated carbocycles. The lowest BCUT2D eigenvalue weighted by atomic mass is 10.1. The molecule has 1 amide bonds. The average Bonchev–Trinajstić information content (AvgIpc) is 2.35. The number of benzene rings is 1. The summed E-state index contributed by atoms with van der Waals surface area (Å²) in [4.78, 5) is 11.9. The van der Waals surface area contributed by atoms with Crippen molar-refractivity contribution in [2.45, 2.75) is 26.8 Å². The number of nitrogens with one attached hydrogen (secondary N) is 1. The van der Waals surface area contributed by atoms with Gasteiger partial charge < -0.3 is 11.1 Å². The third-order valence-corrected chi connectivity index (χ3v) is 2.91. The van der Waals surface area contributed by atoms with Crippen LogP contribution in [0.3, 0.4) is 0 Å². The first kappa shape index (κ1) is 15.2. The minimum atomic E-state index is -0.572. The van der Waals surface area contributed by atoms with Gasteiger partial charge in [-0.2, -0.15) is 0 Å². The predicted octanol–water partition coefficient (Wildman–Crippen LogP) is 1.91. The minimum absolute atomic E-state index is 0.0105. The first-order valence-corrected chi connectivity index (χ1v) is 6.25. The summed E-state index contributed by atoms with van der Waals surface area (Å²) in [7, 11) is 0. The number of rotatable bonds is 3. The summed E-state index contributed by atoms with van der Waals surface area (Å²) >= 11 is 0. The van der Waals surface area contributed by atoms with Gasteiger partial charge in [-0.25, -0.2) is 4.39 Å². The van der Waals surface area contributed by atoms with Crippen LogP contribution in [0.25, 0.3) is 0 Å². The maximum absolute atomic E-state index is 13.8. The van der Waals surface area contributed by atoms with Crippen molar-refractivity contribution < 1.29 is 9.18 Å². The lowest BCUT2D eigenvalue weighted by molar-refractivity contribution is 0.0926. The molecule has 1 rings (SSSR count). The first-order chi connectivity index (χ1) is 8.95. The molecule has 3 nitrogen and oxygen atoms in total. The number of amides is 1. The summed E-state index contributed by atoms with van der Waals surface area (Å²) in [6.45, 7) is 6.09. The second-order valence-electron chi connectivity index (χ2n) is 4.71. The number of hydrogen-bond donors (Lipinski definition) is 2. The molecule has 4 heteroatoms. The van der Waals surface area contributed by atoms with E-state index in [-0.39, 0.29) is 18.2 Å². The number of halogens is 1. The Morgan fingerprint density at radius 1 is 1.42 bits per heavy atom. The van der Waals surface area contributed by atoms with Gasteiger partial charge in [-0.15, -0.1) is 0 Å². The minimum Gasteiger partial charge on any atom is -0.349 e. The molecule has 1 aromatic carbocycles. The smallest absolute Gasteiger partial charge is 0.254 e. The highest BCUT2D eigenvalue weighted by molar-refractivity contribution is 5.94. The fourth-order valence-corrected chi connectivity index (χ4v) is 1.38. The van der Waals surface area contributed by atoms with Crippen molar-refractivity contribution >= 4 is 5.91 Å². The Bertz CT molecular complexity index is 515. The molecule has 0 aliphatic rings. The zero-order valence-electron chi connectivity index (χ0n) is 11.5. The fourth-order valence-electron chi connectivity index (χ4n) is 1.38. The Balaban J connectivity index is 2.87. The number of carbonyl (C=O) groups is 1. The standard InChI is InChI=1S/C15H19FN2O/c1-10(2)11(3)18-15(19)13-7-6-12(5-4-8-17)9-14(13)16/h6-7,9-11H,8,17H2,1-3H3,(H,18,19). The Morgan fingerprint density at radius 3 is 2.63 bits per heavy atom. The van der Waals surface area contributed by atoms with Gasteiger partial charge in [0.1, 0.15) is 5.82 Å². The normalized spacial score (nSPS) is 11.7. The van der Waals surface area contributed by atoms with Gasteiger partial charge in [-0.1, -0.05) is 25.7 Å². The van der Waals surface area contributed by atoms with E-state index in [2.05, 4.69) is 17.2 Å². The van der Waals surface area contributed by atoms with Crippen LogP contribution < -0.4 is 11.1 Å². The van der Waals surface area contributed by atoms with Gasteiger partial charge in [0.25, 0.3) is 5.91 Å². The van der Waals surface area contributed by atoms with Crippen molar-refractivity contribution in [3.05, 3.63) is 35.1 Å². The van der Waals surface area contributed by atoms with Crippen molar-refractivity contribution in [2.24, 2.45) is 11.7 Å². The molecule has 0 radical (unpaired) electrons. The molecule has 0 aliphatic carbocycles. The van der Waals surface area contributed by atoms with Crippen molar-refractivity contribution in [3.8, 4) is 11.8 Å². The van der Waals surface area contributed by atoms with Crippen LogP contribution in [-0.2, 0) is 0 Å². The molecule has 0 aromatic heterocycles. The first-order valence-electron chi connectivity index (χ1n) is 6.25. The lowest BCUT2D eigenvalue weighted by Crippen LogP contribution is -2.36. The van der Waals surface area contributed by atoms with Gasteiger partial charge in [0, 0.05) is 11.6 Å². The summed E-state index contributed by atoms with van der Waals surface area (Å²) in [5.74, 6) is 4.68. The predicted molar refractivity (Wildman–Crippen MR) is 74.1 cm³/mol. The van der Waals surface area contributed by atoms with Crippen molar-refractivity contribution in [3.63, 3.8) is 0 Å². The molecule has 0 saturated heterocycles. The van der Waals surface area contributed by atoms with Crippen LogP contribution in [0.5, 0.6) is 0 Å². The monoisotopic (exact) mass is 262 g/mol. The molecular weight excluding hydrogens is 243 g/mol. The summed E-state index contributed by atoms with van der Waals surface area (Å²) in [6, 6.07) is 4.29. The number of hydrogen-bond acceptors (Lipinski definition) is 2. The molecule has 0 fully saturated rings. The lowest BCUT2D eigenvalue weighted by Gasteiger charge is -2.17. The van der Waals surface area contributed by atoms with Gasteiger partial charge in [0.15, 0.2) is 0 Å². The largest absolute Gasteiger partial charge is 0.349 e. The van der Waals surface area contributed by atoms with E-state index in [1.165, 1.54) is 12.1 Å². The van der Waals surface area contributed by atoms with Gasteiger partial charge >= 0.3 is 0 Å². The van der Waals surface area contributed by atoms with E-state index in [1.54, 1.807) is 6.07 Å². The Hall–Kier alpha value is -1.86. The molecule has 0 heterocycles. The zero-order valence-corrected chi connectivity index (χ0v) is 11.5. The van der Waals surface area contributed by atoms with Crippen LogP contribution in [-0.4, -0.2) is 18.5 Å². The molecule has 19 heavy (non-hydrogen) atoms. The third kappa shape index (κ3) is 4.38. The van der Waals surface area contributed by atoms with Crippen LogP contribution in [0.2, 0.25) is 0 Å². The number of carbonyl (C=O) groups excluding carboxylic acids is 1. The molecule has 102 valence electrons. The highest BCUT2D eigenvalue weighted by Gasteiger charge is 2.15. The van der Waals surface area contributed by atoms with Gasteiger partial charge in [0.05, 0.1) is 12.1 Å². The van der Waals surface area contributed by atoms with Crippen LogP contribution in [0, 0.1) is 23.6 Å². The maximum atomic E-state index is 13.8. The van der Waals surface area contributed by atoms with Crippen LogP contribution in [0.15, 0.2) is 18.2 Å². The summed E-state index contributed by atoms with van der Waals surface area (Å²) < 4.78 is 13.8. The molecule has 1 atom stereocenters. The molecule has 1 aromatic rings. The molecule has 1 unspecified atom stereocenters. The number of nitrogens with two attached hydrogens (primary N) is 1. The Morgan fingerprint density at radius 2 is 2.11 bits per heavy atom.